The second kappa shape index (κ2) is 4.94. The van der Waals surface area contributed by atoms with Gasteiger partial charge in [-0.05, 0) is 31.0 Å². The van der Waals surface area contributed by atoms with Gasteiger partial charge in [0, 0.05) is 5.92 Å². The van der Waals surface area contributed by atoms with E-state index >= 15 is 0 Å². The molecule has 3 rings (SSSR count). The molecule has 0 atom stereocenters. The maximum absolute atomic E-state index is 11.1. The number of aldehydes is 1. The third kappa shape index (κ3) is 2.15. The lowest BCUT2D eigenvalue weighted by atomic mass is 9.82. The Kier molecular flexibility index (Phi) is 3.29. The van der Waals surface area contributed by atoms with Crippen LogP contribution in [0.2, 0.25) is 10.0 Å². The summed E-state index contributed by atoms with van der Waals surface area (Å²) >= 11 is 11.9. The highest BCUT2D eigenvalue weighted by Crippen LogP contribution is 2.38. The molecule has 1 heterocycles. The summed E-state index contributed by atoms with van der Waals surface area (Å²) in [5, 5.41) is 8.95. The van der Waals surface area contributed by atoms with E-state index in [1.165, 1.54) is 6.42 Å². The van der Waals surface area contributed by atoms with E-state index in [1.54, 1.807) is 16.8 Å². The molecule has 4 nitrogen and oxygen atoms in total. The van der Waals surface area contributed by atoms with Gasteiger partial charge in [-0.2, -0.15) is 0 Å². The van der Waals surface area contributed by atoms with Crippen LogP contribution in [0.5, 0.6) is 0 Å². The molecule has 1 aliphatic rings. The monoisotopic (exact) mass is 295 g/mol. The topological polar surface area (TPSA) is 47.8 Å². The van der Waals surface area contributed by atoms with E-state index < -0.39 is 0 Å². The Balaban J connectivity index is 2.11. The number of hydrogen-bond donors (Lipinski definition) is 0. The van der Waals surface area contributed by atoms with Crippen LogP contribution >= 0.6 is 23.2 Å². The molecular formula is C13H11Cl2N3O. The van der Waals surface area contributed by atoms with Crippen molar-refractivity contribution in [1.29, 1.82) is 0 Å². The molecule has 0 spiro atoms. The molecule has 0 saturated heterocycles. The summed E-state index contributed by atoms with van der Waals surface area (Å²) < 4.78 is 1.69. The lowest BCUT2D eigenvalue weighted by Crippen LogP contribution is -2.15. The first-order valence-corrected chi connectivity index (χ1v) is 6.82. The Bertz CT molecular complexity index is 635. The largest absolute Gasteiger partial charge is 0.296 e. The minimum Gasteiger partial charge on any atom is -0.296 e. The third-order valence-electron chi connectivity index (χ3n) is 3.48. The van der Waals surface area contributed by atoms with Crippen molar-refractivity contribution < 1.29 is 4.79 Å². The van der Waals surface area contributed by atoms with Gasteiger partial charge in [-0.15, -0.1) is 5.10 Å². The first-order valence-electron chi connectivity index (χ1n) is 6.07. The molecule has 0 aliphatic heterocycles. The predicted molar refractivity (Wildman–Crippen MR) is 73.4 cm³/mol. The highest BCUT2D eigenvalue weighted by atomic mass is 35.5. The molecule has 0 bridgehead atoms. The highest BCUT2D eigenvalue weighted by Gasteiger charge is 2.28. The summed E-state index contributed by atoms with van der Waals surface area (Å²) in [6, 6.07) is 5.26. The number of carbonyl (C=O) groups is 1. The average Bonchev–Trinajstić information content (AvgIpc) is 2.74. The van der Waals surface area contributed by atoms with Gasteiger partial charge in [0.1, 0.15) is 5.69 Å². The second-order valence-electron chi connectivity index (χ2n) is 4.62. The summed E-state index contributed by atoms with van der Waals surface area (Å²) in [5.74, 6) is 0.352. The van der Waals surface area contributed by atoms with Crippen LogP contribution in [-0.4, -0.2) is 21.3 Å². The number of carbonyl (C=O) groups excluding carboxylic acids is 1. The normalized spacial score (nSPS) is 15.3. The number of rotatable bonds is 3. The van der Waals surface area contributed by atoms with Crippen molar-refractivity contribution in [3.8, 4) is 5.69 Å². The number of hydrogen-bond acceptors (Lipinski definition) is 3. The molecule has 1 saturated carbocycles. The first kappa shape index (κ1) is 12.6. The van der Waals surface area contributed by atoms with Gasteiger partial charge < -0.3 is 0 Å². The summed E-state index contributed by atoms with van der Waals surface area (Å²) in [4.78, 5) is 11.1. The Morgan fingerprint density at radius 2 is 2.05 bits per heavy atom. The molecule has 98 valence electrons. The SMILES string of the molecule is O=Cc1nnn(-c2ccc(Cl)c(Cl)c2)c1C1CCC1. The molecule has 0 unspecified atom stereocenters. The maximum atomic E-state index is 11.1. The number of benzene rings is 1. The summed E-state index contributed by atoms with van der Waals surface area (Å²) in [5.41, 5.74) is 2.06. The third-order valence-corrected chi connectivity index (χ3v) is 4.22. The van der Waals surface area contributed by atoms with Gasteiger partial charge >= 0.3 is 0 Å². The van der Waals surface area contributed by atoms with Crippen LogP contribution in [-0.2, 0) is 0 Å². The Labute approximate surface area is 120 Å². The fraction of sp³-hybridized carbons (Fsp3) is 0.308. The standard InChI is InChI=1S/C13H11Cl2N3O/c14-10-5-4-9(6-11(10)15)18-13(8-2-1-3-8)12(7-19)16-17-18/h4-8H,1-3H2. The smallest absolute Gasteiger partial charge is 0.172 e. The van der Waals surface area contributed by atoms with Crippen molar-refractivity contribution in [3.63, 3.8) is 0 Å². The average molecular weight is 296 g/mol. The summed E-state index contributed by atoms with van der Waals surface area (Å²) in [7, 11) is 0. The van der Waals surface area contributed by atoms with Crippen molar-refractivity contribution in [2.75, 3.05) is 0 Å². The zero-order valence-electron chi connectivity index (χ0n) is 10.0. The summed E-state index contributed by atoms with van der Waals surface area (Å²) in [6.07, 6.45) is 4.06. The molecule has 19 heavy (non-hydrogen) atoms. The molecule has 0 N–H and O–H groups in total. The second-order valence-corrected chi connectivity index (χ2v) is 5.43. The van der Waals surface area contributed by atoms with Crippen molar-refractivity contribution in [2.24, 2.45) is 0 Å². The Hall–Kier alpha value is -1.39. The van der Waals surface area contributed by atoms with Crippen LogP contribution in [0.1, 0.15) is 41.4 Å². The van der Waals surface area contributed by atoms with Crippen LogP contribution in [0.4, 0.5) is 0 Å². The van der Waals surface area contributed by atoms with Gasteiger partial charge in [-0.25, -0.2) is 4.68 Å². The fourth-order valence-corrected chi connectivity index (χ4v) is 2.55. The first-order chi connectivity index (χ1) is 9.20. The molecular weight excluding hydrogens is 285 g/mol. The molecule has 0 amide bonds. The van der Waals surface area contributed by atoms with Crippen LogP contribution in [0.15, 0.2) is 18.2 Å². The molecule has 1 aromatic heterocycles. The lowest BCUT2D eigenvalue weighted by molar-refractivity contribution is 0.111. The van der Waals surface area contributed by atoms with Crippen molar-refractivity contribution >= 4 is 29.5 Å². The fourth-order valence-electron chi connectivity index (χ4n) is 2.26. The van der Waals surface area contributed by atoms with Gasteiger partial charge in [0.05, 0.1) is 21.4 Å². The van der Waals surface area contributed by atoms with E-state index in [1.807, 2.05) is 6.07 Å². The number of halogens is 2. The van der Waals surface area contributed by atoms with Gasteiger partial charge in [0.2, 0.25) is 0 Å². The highest BCUT2D eigenvalue weighted by molar-refractivity contribution is 6.42. The van der Waals surface area contributed by atoms with Crippen LogP contribution in [0.25, 0.3) is 5.69 Å². The van der Waals surface area contributed by atoms with E-state index in [0.717, 1.165) is 30.5 Å². The van der Waals surface area contributed by atoms with Crippen LogP contribution < -0.4 is 0 Å². The maximum Gasteiger partial charge on any atom is 0.172 e. The zero-order chi connectivity index (χ0) is 13.4. The lowest BCUT2D eigenvalue weighted by Gasteiger charge is -2.26. The minimum atomic E-state index is 0.352. The van der Waals surface area contributed by atoms with E-state index in [2.05, 4.69) is 10.3 Å². The van der Waals surface area contributed by atoms with E-state index in [9.17, 15) is 4.79 Å². The van der Waals surface area contributed by atoms with Gasteiger partial charge in [-0.1, -0.05) is 34.8 Å². The number of aromatic nitrogens is 3. The van der Waals surface area contributed by atoms with Gasteiger partial charge in [0.15, 0.2) is 6.29 Å². The Morgan fingerprint density at radius 1 is 1.26 bits per heavy atom. The minimum absolute atomic E-state index is 0.352. The quantitative estimate of drug-likeness (QED) is 0.812. The van der Waals surface area contributed by atoms with Crippen LogP contribution in [0, 0.1) is 0 Å². The molecule has 6 heteroatoms. The van der Waals surface area contributed by atoms with Crippen LogP contribution in [0.3, 0.4) is 0 Å². The Morgan fingerprint density at radius 3 is 2.63 bits per heavy atom. The van der Waals surface area contributed by atoms with Crippen molar-refractivity contribution in [1.82, 2.24) is 15.0 Å². The molecule has 0 radical (unpaired) electrons. The molecule has 1 aromatic carbocycles. The van der Waals surface area contributed by atoms with E-state index in [4.69, 9.17) is 23.2 Å². The molecule has 1 fully saturated rings. The van der Waals surface area contributed by atoms with Gasteiger partial charge in [-0.3, -0.25) is 4.79 Å². The van der Waals surface area contributed by atoms with E-state index in [0.29, 0.717) is 21.7 Å². The van der Waals surface area contributed by atoms with E-state index in [-0.39, 0.29) is 0 Å². The number of nitrogens with zero attached hydrogens (tertiary/aromatic N) is 3. The summed E-state index contributed by atoms with van der Waals surface area (Å²) in [6.45, 7) is 0. The molecule has 1 aliphatic carbocycles. The predicted octanol–water partition coefficient (Wildman–Crippen LogP) is 3.65. The van der Waals surface area contributed by atoms with Crippen molar-refractivity contribution in [3.05, 3.63) is 39.6 Å². The van der Waals surface area contributed by atoms with Crippen molar-refractivity contribution in [2.45, 2.75) is 25.2 Å². The zero-order valence-corrected chi connectivity index (χ0v) is 11.5. The van der Waals surface area contributed by atoms with Gasteiger partial charge in [0.25, 0.3) is 0 Å². The molecule has 2 aromatic rings.